The van der Waals surface area contributed by atoms with E-state index >= 15 is 0 Å². The zero-order valence-corrected chi connectivity index (χ0v) is 12.4. The van der Waals surface area contributed by atoms with Crippen LogP contribution in [0.2, 0.25) is 0 Å². The Kier molecular flexibility index (Phi) is 4.28. The van der Waals surface area contributed by atoms with Gasteiger partial charge in [-0.1, -0.05) is 13.0 Å². The fourth-order valence-corrected chi connectivity index (χ4v) is 2.55. The van der Waals surface area contributed by atoms with Gasteiger partial charge in [0, 0.05) is 38.1 Å². The molecule has 21 heavy (non-hydrogen) atoms. The first-order valence-corrected chi connectivity index (χ1v) is 7.51. The molecule has 0 radical (unpaired) electrons. The van der Waals surface area contributed by atoms with Crippen molar-refractivity contribution in [2.45, 2.75) is 26.3 Å². The van der Waals surface area contributed by atoms with Gasteiger partial charge in [-0.15, -0.1) is 0 Å². The molecule has 0 aromatic carbocycles. The van der Waals surface area contributed by atoms with Crippen molar-refractivity contribution in [3.05, 3.63) is 42.5 Å². The highest BCUT2D eigenvalue weighted by Crippen LogP contribution is 2.22. The Bertz CT molecular complexity index is 564. The fourth-order valence-electron chi connectivity index (χ4n) is 2.55. The topological polar surface area (TPSA) is 53.9 Å². The number of hydrogen-bond donors (Lipinski definition) is 1. The molecule has 1 aliphatic rings. The van der Waals surface area contributed by atoms with Crippen molar-refractivity contribution in [3.8, 4) is 0 Å². The summed E-state index contributed by atoms with van der Waals surface area (Å²) in [6.07, 6.45) is 7.76. The Hall–Kier alpha value is -2.17. The van der Waals surface area contributed by atoms with Crippen LogP contribution in [-0.2, 0) is 6.54 Å². The summed E-state index contributed by atoms with van der Waals surface area (Å²) in [5, 5.41) is 3.33. The standard InChI is InChI=1S/C16H21N5/c1-13-4-7-21(8-5-13)16-9-15(19-12-20-16)18-11-14-3-2-6-17-10-14/h2-3,6,9-10,12-13H,4-5,7-8,11H2,1H3,(H,18,19,20). The van der Waals surface area contributed by atoms with Crippen molar-refractivity contribution in [1.82, 2.24) is 15.0 Å². The summed E-state index contributed by atoms with van der Waals surface area (Å²) < 4.78 is 0. The van der Waals surface area contributed by atoms with Crippen LogP contribution in [0.5, 0.6) is 0 Å². The maximum absolute atomic E-state index is 4.41. The highest BCUT2D eigenvalue weighted by Gasteiger charge is 2.17. The minimum Gasteiger partial charge on any atom is -0.366 e. The third-order valence-corrected chi connectivity index (χ3v) is 3.96. The largest absolute Gasteiger partial charge is 0.366 e. The predicted molar refractivity (Wildman–Crippen MR) is 84.2 cm³/mol. The quantitative estimate of drug-likeness (QED) is 0.935. The third kappa shape index (κ3) is 3.68. The molecule has 2 aromatic heterocycles. The summed E-state index contributed by atoms with van der Waals surface area (Å²) in [4.78, 5) is 15.2. The number of nitrogens with one attached hydrogen (secondary N) is 1. The number of nitrogens with zero attached hydrogens (tertiary/aromatic N) is 4. The summed E-state index contributed by atoms with van der Waals surface area (Å²) in [5.41, 5.74) is 1.14. The molecule has 1 N–H and O–H groups in total. The van der Waals surface area contributed by atoms with Crippen molar-refractivity contribution < 1.29 is 0 Å². The molecule has 0 saturated carbocycles. The molecule has 5 nitrogen and oxygen atoms in total. The van der Waals surface area contributed by atoms with Gasteiger partial charge in [-0.3, -0.25) is 4.98 Å². The summed E-state index contributed by atoms with van der Waals surface area (Å²) in [7, 11) is 0. The first-order chi connectivity index (χ1) is 10.3. The van der Waals surface area contributed by atoms with Gasteiger partial charge in [0.05, 0.1) is 0 Å². The van der Waals surface area contributed by atoms with Gasteiger partial charge in [-0.05, 0) is 30.4 Å². The Labute approximate surface area is 125 Å². The van der Waals surface area contributed by atoms with E-state index in [-0.39, 0.29) is 0 Å². The van der Waals surface area contributed by atoms with Crippen LogP contribution in [0.25, 0.3) is 0 Å². The lowest BCUT2D eigenvalue weighted by molar-refractivity contribution is 0.436. The molecule has 0 unspecified atom stereocenters. The van der Waals surface area contributed by atoms with Gasteiger partial charge in [0.25, 0.3) is 0 Å². The monoisotopic (exact) mass is 283 g/mol. The van der Waals surface area contributed by atoms with Gasteiger partial charge in [-0.25, -0.2) is 9.97 Å². The first kappa shape index (κ1) is 13.8. The van der Waals surface area contributed by atoms with E-state index < -0.39 is 0 Å². The molecular weight excluding hydrogens is 262 g/mol. The highest BCUT2D eigenvalue weighted by atomic mass is 15.2. The zero-order chi connectivity index (χ0) is 14.5. The van der Waals surface area contributed by atoms with E-state index in [1.165, 1.54) is 12.8 Å². The van der Waals surface area contributed by atoms with Gasteiger partial charge >= 0.3 is 0 Å². The van der Waals surface area contributed by atoms with Gasteiger partial charge in [0.15, 0.2) is 0 Å². The van der Waals surface area contributed by atoms with Crippen LogP contribution >= 0.6 is 0 Å². The fraction of sp³-hybridized carbons (Fsp3) is 0.438. The molecule has 0 spiro atoms. The average Bonchev–Trinajstić information content (AvgIpc) is 2.55. The second-order valence-corrected chi connectivity index (χ2v) is 5.65. The number of hydrogen-bond acceptors (Lipinski definition) is 5. The minimum absolute atomic E-state index is 0.724. The second kappa shape index (κ2) is 6.52. The van der Waals surface area contributed by atoms with E-state index in [1.54, 1.807) is 12.5 Å². The van der Waals surface area contributed by atoms with E-state index in [4.69, 9.17) is 0 Å². The Balaban J connectivity index is 1.63. The van der Waals surface area contributed by atoms with Crippen LogP contribution in [0, 0.1) is 5.92 Å². The van der Waals surface area contributed by atoms with Crippen molar-refractivity contribution in [2.75, 3.05) is 23.3 Å². The van der Waals surface area contributed by atoms with E-state index in [1.807, 2.05) is 24.4 Å². The van der Waals surface area contributed by atoms with Gasteiger partial charge < -0.3 is 10.2 Å². The smallest absolute Gasteiger partial charge is 0.134 e. The molecule has 1 fully saturated rings. The van der Waals surface area contributed by atoms with Crippen molar-refractivity contribution in [2.24, 2.45) is 5.92 Å². The van der Waals surface area contributed by atoms with Crippen LogP contribution in [0.1, 0.15) is 25.3 Å². The van der Waals surface area contributed by atoms with Crippen LogP contribution < -0.4 is 10.2 Å². The summed E-state index contributed by atoms with van der Waals surface area (Å²) in [5.74, 6) is 2.71. The maximum Gasteiger partial charge on any atom is 0.134 e. The lowest BCUT2D eigenvalue weighted by Crippen LogP contribution is -2.33. The number of piperidine rings is 1. The van der Waals surface area contributed by atoms with Crippen molar-refractivity contribution in [1.29, 1.82) is 0 Å². The molecule has 2 aromatic rings. The molecule has 0 amide bonds. The van der Waals surface area contributed by atoms with E-state index in [0.717, 1.165) is 42.8 Å². The Morgan fingerprint density at radius 2 is 2.14 bits per heavy atom. The molecule has 0 aliphatic carbocycles. The first-order valence-electron chi connectivity index (χ1n) is 7.51. The van der Waals surface area contributed by atoms with E-state index in [9.17, 15) is 0 Å². The number of anilines is 2. The molecule has 1 saturated heterocycles. The molecule has 3 heterocycles. The Morgan fingerprint density at radius 1 is 1.29 bits per heavy atom. The van der Waals surface area contributed by atoms with Crippen molar-refractivity contribution in [3.63, 3.8) is 0 Å². The summed E-state index contributed by atoms with van der Waals surface area (Å²) in [6.45, 7) is 5.21. The van der Waals surface area contributed by atoms with Crippen LogP contribution in [-0.4, -0.2) is 28.0 Å². The second-order valence-electron chi connectivity index (χ2n) is 5.65. The van der Waals surface area contributed by atoms with E-state index in [2.05, 4.69) is 32.1 Å². The normalized spacial score (nSPS) is 16.0. The maximum atomic E-state index is 4.41. The van der Waals surface area contributed by atoms with Gasteiger partial charge in [0.1, 0.15) is 18.0 Å². The lowest BCUT2D eigenvalue weighted by Gasteiger charge is -2.31. The van der Waals surface area contributed by atoms with Gasteiger partial charge in [-0.2, -0.15) is 0 Å². The third-order valence-electron chi connectivity index (χ3n) is 3.96. The van der Waals surface area contributed by atoms with Crippen LogP contribution in [0.4, 0.5) is 11.6 Å². The molecule has 5 heteroatoms. The number of aromatic nitrogens is 3. The molecule has 110 valence electrons. The summed E-state index contributed by atoms with van der Waals surface area (Å²) >= 11 is 0. The predicted octanol–water partition coefficient (Wildman–Crippen LogP) is 2.72. The number of pyridine rings is 1. The SMILES string of the molecule is CC1CCN(c2cc(NCc3cccnc3)ncn2)CC1. The molecular formula is C16H21N5. The molecule has 1 aliphatic heterocycles. The molecule has 3 rings (SSSR count). The van der Waals surface area contributed by atoms with Crippen LogP contribution in [0.3, 0.4) is 0 Å². The number of rotatable bonds is 4. The lowest BCUT2D eigenvalue weighted by atomic mass is 9.99. The minimum atomic E-state index is 0.724. The average molecular weight is 283 g/mol. The zero-order valence-electron chi connectivity index (χ0n) is 12.4. The van der Waals surface area contributed by atoms with Crippen molar-refractivity contribution >= 4 is 11.6 Å². The van der Waals surface area contributed by atoms with Gasteiger partial charge in [0.2, 0.25) is 0 Å². The molecule has 0 bridgehead atoms. The summed E-state index contributed by atoms with van der Waals surface area (Å²) in [6, 6.07) is 6.03. The highest BCUT2D eigenvalue weighted by molar-refractivity contribution is 5.48. The Morgan fingerprint density at radius 3 is 2.90 bits per heavy atom. The van der Waals surface area contributed by atoms with E-state index in [0.29, 0.717) is 0 Å². The molecule has 0 atom stereocenters. The van der Waals surface area contributed by atoms with Crippen LogP contribution in [0.15, 0.2) is 36.9 Å².